The third-order valence-electron chi connectivity index (χ3n) is 8.26. The number of halogens is 3. The maximum Gasteiger partial charge on any atom is 0.397 e. The number of hydrogen-bond donors (Lipinski definition) is 1. The van der Waals surface area contributed by atoms with E-state index in [1.165, 1.54) is 0 Å². The van der Waals surface area contributed by atoms with E-state index in [2.05, 4.69) is 21.3 Å². The van der Waals surface area contributed by atoms with Crippen LogP contribution in [-0.4, -0.2) is 61.2 Å². The normalized spacial score (nSPS) is 30.8. The van der Waals surface area contributed by atoms with Crippen molar-refractivity contribution in [2.45, 2.75) is 50.4 Å². The van der Waals surface area contributed by atoms with Gasteiger partial charge in [-0.25, -0.2) is 0 Å². The molecule has 2 saturated carbocycles. The maximum atomic E-state index is 14.4. The molecule has 9 heteroatoms. The average molecular weight is 472 g/mol. The number of carbonyl (C=O) groups is 1. The number of anilines is 1. The molecule has 1 saturated heterocycles. The summed E-state index contributed by atoms with van der Waals surface area (Å²) in [6, 6.07) is 9.18. The zero-order chi connectivity index (χ0) is 24.3. The number of amides is 1. The van der Waals surface area contributed by atoms with Crippen LogP contribution in [0.4, 0.5) is 18.9 Å². The molecule has 6 nitrogen and oxygen atoms in total. The Bertz CT molecular complexity index is 1170. The fourth-order valence-corrected chi connectivity index (χ4v) is 6.18. The summed E-state index contributed by atoms with van der Waals surface area (Å²) in [5.74, 6) is -0.475. The summed E-state index contributed by atoms with van der Waals surface area (Å²) in [6.07, 6.45) is 0.301. The van der Waals surface area contributed by atoms with Gasteiger partial charge in [0, 0.05) is 42.4 Å². The number of hydrogen-bond acceptors (Lipinski definition) is 5. The van der Waals surface area contributed by atoms with Crippen molar-refractivity contribution in [2.75, 3.05) is 32.1 Å². The van der Waals surface area contributed by atoms with E-state index in [-0.39, 0.29) is 25.6 Å². The predicted molar refractivity (Wildman–Crippen MR) is 122 cm³/mol. The summed E-state index contributed by atoms with van der Waals surface area (Å²) in [5.41, 5.74) is -2.12. The third-order valence-corrected chi connectivity index (χ3v) is 8.26. The number of piperidine rings is 1. The molecule has 5 rings (SSSR count). The third kappa shape index (κ3) is 3.34. The fraction of sp³-hybridized carbons (Fsp3) is 0.560. The van der Waals surface area contributed by atoms with Crippen molar-refractivity contribution < 1.29 is 18.0 Å². The molecule has 2 atom stereocenters. The first-order valence-corrected chi connectivity index (χ1v) is 11.7. The highest BCUT2D eigenvalue weighted by atomic mass is 19.4. The van der Waals surface area contributed by atoms with Gasteiger partial charge in [0.15, 0.2) is 0 Å². The van der Waals surface area contributed by atoms with Crippen LogP contribution in [0.5, 0.6) is 0 Å². The Morgan fingerprint density at radius 1 is 1.21 bits per heavy atom. The Kier molecular flexibility index (Phi) is 5.28. The van der Waals surface area contributed by atoms with E-state index in [4.69, 9.17) is 0 Å². The van der Waals surface area contributed by atoms with E-state index < -0.39 is 22.9 Å². The molecule has 3 aliphatic rings. The smallest absolute Gasteiger partial charge is 0.369 e. The minimum Gasteiger partial charge on any atom is -0.369 e. The zero-order valence-corrected chi connectivity index (χ0v) is 19.3. The van der Waals surface area contributed by atoms with Crippen molar-refractivity contribution in [1.29, 1.82) is 5.26 Å². The number of fused-ring (bicyclic) bond motifs is 2. The molecule has 0 unspecified atom stereocenters. The van der Waals surface area contributed by atoms with E-state index >= 15 is 0 Å². The Labute approximate surface area is 196 Å². The number of carbonyl (C=O) groups excluding carboxylic acids is 1. The van der Waals surface area contributed by atoms with Crippen molar-refractivity contribution >= 4 is 22.5 Å². The minimum absolute atomic E-state index is 0.00127. The lowest BCUT2D eigenvalue weighted by atomic mass is 9.89. The number of rotatable bonds is 4. The molecular weight excluding hydrogens is 443 g/mol. The maximum absolute atomic E-state index is 14.4. The lowest BCUT2D eigenvalue weighted by molar-refractivity contribution is -0.191. The summed E-state index contributed by atoms with van der Waals surface area (Å²) in [5, 5.41) is 13.0. The van der Waals surface area contributed by atoms with E-state index in [1.54, 1.807) is 35.4 Å². The molecular formula is C25H28F3N5O. The first-order valence-electron chi connectivity index (χ1n) is 11.7. The highest BCUT2D eigenvalue weighted by Gasteiger charge is 2.86. The first kappa shape index (κ1) is 22.9. The number of nitriles is 1. The highest BCUT2D eigenvalue weighted by molar-refractivity contribution is 5.97. The quantitative estimate of drug-likeness (QED) is 0.733. The van der Waals surface area contributed by atoms with E-state index in [9.17, 15) is 23.2 Å². The second-order valence-corrected chi connectivity index (χ2v) is 10.3. The SMILES string of the molecule is CN(C)[C@H]1CC[C@H](NC(=O)[C@]23CN(c4ccc(C#N)c5ncccc45)C[C@@]2(C(F)(F)F)C3)CC1. The Balaban J connectivity index is 1.42. The summed E-state index contributed by atoms with van der Waals surface area (Å²) < 4.78 is 43.1. The molecule has 0 radical (unpaired) electrons. The van der Waals surface area contributed by atoms with Gasteiger partial charge in [-0.1, -0.05) is 0 Å². The lowest BCUT2D eigenvalue weighted by Crippen LogP contribution is -2.47. The van der Waals surface area contributed by atoms with Crippen LogP contribution in [0.25, 0.3) is 10.9 Å². The topological polar surface area (TPSA) is 72.3 Å². The second kappa shape index (κ2) is 7.84. The van der Waals surface area contributed by atoms with Crippen molar-refractivity contribution in [3.05, 3.63) is 36.0 Å². The summed E-state index contributed by atoms with van der Waals surface area (Å²) >= 11 is 0. The number of pyridine rings is 1. The van der Waals surface area contributed by atoms with Gasteiger partial charge in [-0.2, -0.15) is 18.4 Å². The monoisotopic (exact) mass is 471 g/mol. The van der Waals surface area contributed by atoms with Gasteiger partial charge in [-0.05, 0) is 70.5 Å². The molecule has 2 aliphatic carbocycles. The fourth-order valence-electron chi connectivity index (χ4n) is 6.18. The van der Waals surface area contributed by atoms with Crippen LogP contribution in [-0.2, 0) is 4.79 Å². The van der Waals surface area contributed by atoms with Gasteiger partial charge >= 0.3 is 6.18 Å². The molecule has 1 N–H and O–H groups in total. The Morgan fingerprint density at radius 2 is 1.94 bits per heavy atom. The number of nitrogens with one attached hydrogen (secondary N) is 1. The zero-order valence-electron chi connectivity index (χ0n) is 19.3. The van der Waals surface area contributed by atoms with Crippen LogP contribution in [0.15, 0.2) is 30.5 Å². The van der Waals surface area contributed by atoms with Crippen LogP contribution in [0, 0.1) is 22.2 Å². The summed E-state index contributed by atoms with van der Waals surface area (Å²) in [7, 11) is 4.06. The van der Waals surface area contributed by atoms with Gasteiger partial charge in [-0.15, -0.1) is 0 Å². The van der Waals surface area contributed by atoms with Crippen molar-refractivity contribution in [3.63, 3.8) is 0 Å². The lowest BCUT2D eigenvalue weighted by Gasteiger charge is -2.34. The van der Waals surface area contributed by atoms with Gasteiger partial charge < -0.3 is 15.1 Å². The van der Waals surface area contributed by atoms with Crippen LogP contribution in [0.2, 0.25) is 0 Å². The van der Waals surface area contributed by atoms with Crippen molar-refractivity contribution in [2.24, 2.45) is 10.8 Å². The molecule has 2 heterocycles. The molecule has 0 bridgehead atoms. The Hall–Kier alpha value is -2.86. The van der Waals surface area contributed by atoms with Crippen LogP contribution >= 0.6 is 0 Å². The van der Waals surface area contributed by atoms with E-state index in [0.717, 1.165) is 25.7 Å². The van der Waals surface area contributed by atoms with E-state index in [0.29, 0.717) is 28.2 Å². The molecule has 1 aromatic heterocycles. The second-order valence-electron chi connectivity index (χ2n) is 10.3. The van der Waals surface area contributed by atoms with Gasteiger partial charge in [0.1, 0.15) is 11.5 Å². The van der Waals surface area contributed by atoms with Gasteiger partial charge in [0.05, 0.1) is 16.5 Å². The number of aromatic nitrogens is 1. The molecule has 180 valence electrons. The van der Waals surface area contributed by atoms with Gasteiger partial charge in [0.25, 0.3) is 0 Å². The number of benzene rings is 1. The molecule has 1 amide bonds. The van der Waals surface area contributed by atoms with Gasteiger partial charge in [0.2, 0.25) is 5.91 Å². The van der Waals surface area contributed by atoms with Crippen molar-refractivity contribution in [1.82, 2.24) is 15.2 Å². The number of alkyl halides is 3. The molecule has 3 fully saturated rings. The standard InChI is InChI=1S/C25H28F3N5O/c1-32(2)18-8-6-17(7-9-18)31-22(34)23-13-24(23,25(26,27)28)15-33(14-23)20-10-5-16(12-29)21-19(20)4-3-11-30-21/h3-5,10-11,17-18H,6-9,13-15H2,1-2H3,(H,31,34)/t17-,18-,23-,24-/m0/s1. The van der Waals surface area contributed by atoms with Crippen LogP contribution in [0.1, 0.15) is 37.7 Å². The van der Waals surface area contributed by atoms with Crippen LogP contribution < -0.4 is 10.2 Å². The minimum atomic E-state index is -4.48. The average Bonchev–Trinajstić information content (AvgIpc) is 3.36. The largest absolute Gasteiger partial charge is 0.397 e. The number of nitrogens with zero attached hydrogens (tertiary/aromatic N) is 4. The predicted octanol–water partition coefficient (Wildman–Crippen LogP) is 3.85. The Morgan fingerprint density at radius 3 is 2.59 bits per heavy atom. The molecule has 0 spiro atoms. The highest BCUT2D eigenvalue weighted by Crippen LogP contribution is 2.75. The molecule has 2 aromatic rings. The van der Waals surface area contributed by atoms with Crippen LogP contribution in [0.3, 0.4) is 0 Å². The van der Waals surface area contributed by atoms with Gasteiger partial charge in [-0.3, -0.25) is 9.78 Å². The summed E-state index contributed by atoms with van der Waals surface area (Å²) in [6.45, 7) is -0.269. The van der Waals surface area contributed by atoms with Crippen molar-refractivity contribution in [3.8, 4) is 6.07 Å². The molecule has 1 aliphatic heterocycles. The first-order chi connectivity index (χ1) is 16.1. The van der Waals surface area contributed by atoms with E-state index in [1.807, 2.05) is 14.1 Å². The summed E-state index contributed by atoms with van der Waals surface area (Å²) in [4.78, 5) is 21.5. The molecule has 34 heavy (non-hydrogen) atoms. The molecule has 1 aromatic carbocycles.